The fourth-order valence-corrected chi connectivity index (χ4v) is 4.08. The van der Waals surface area contributed by atoms with Gasteiger partial charge < -0.3 is 5.32 Å². The third kappa shape index (κ3) is 4.03. The van der Waals surface area contributed by atoms with Crippen molar-refractivity contribution in [2.45, 2.75) is 50.5 Å². The van der Waals surface area contributed by atoms with Gasteiger partial charge in [-0.25, -0.2) is 9.48 Å². The van der Waals surface area contributed by atoms with Crippen molar-refractivity contribution in [3.8, 4) is 0 Å². The number of nitrogens with zero attached hydrogens (tertiary/aromatic N) is 4. The Morgan fingerprint density at radius 2 is 1.96 bits per heavy atom. The second-order valence-electron chi connectivity index (χ2n) is 7.22. The predicted molar refractivity (Wildman–Crippen MR) is 96.6 cm³/mol. The van der Waals surface area contributed by atoms with Gasteiger partial charge in [0.05, 0.1) is 6.54 Å². The van der Waals surface area contributed by atoms with Crippen LogP contribution >= 0.6 is 0 Å². The van der Waals surface area contributed by atoms with E-state index in [1.54, 1.807) is 13.1 Å². The lowest BCUT2D eigenvalue weighted by molar-refractivity contribution is -0.122. The summed E-state index contributed by atoms with van der Waals surface area (Å²) in [6.07, 6.45) is 8.14. The Bertz CT molecular complexity index is 663. The van der Waals surface area contributed by atoms with E-state index in [0.29, 0.717) is 25.0 Å². The average molecular weight is 347 g/mol. The van der Waals surface area contributed by atoms with Gasteiger partial charge in [-0.2, -0.15) is 5.10 Å². The summed E-state index contributed by atoms with van der Waals surface area (Å²) >= 11 is 0. The van der Waals surface area contributed by atoms with Crippen LogP contribution in [0.1, 0.15) is 56.3 Å². The molecule has 2 aliphatic rings. The zero-order valence-corrected chi connectivity index (χ0v) is 15.1. The van der Waals surface area contributed by atoms with Crippen LogP contribution in [0.3, 0.4) is 0 Å². The predicted octanol–water partition coefficient (Wildman–Crippen LogP) is 1.18. The van der Waals surface area contributed by atoms with Crippen molar-refractivity contribution in [2.75, 3.05) is 26.2 Å². The SMILES string of the molecule is C=CCNC(=O)CN1CCC(c2nn(C)c(=O)n2C2CCCC2)CC1. The lowest BCUT2D eigenvalue weighted by atomic mass is 9.95. The van der Waals surface area contributed by atoms with Gasteiger partial charge in [-0.1, -0.05) is 18.9 Å². The molecule has 7 nitrogen and oxygen atoms in total. The van der Waals surface area contributed by atoms with E-state index < -0.39 is 0 Å². The van der Waals surface area contributed by atoms with Gasteiger partial charge in [-0.05, 0) is 38.8 Å². The first kappa shape index (κ1) is 17.9. The quantitative estimate of drug-likeness (QED) is 0.785. The molecule has 0 radical (unpaired) electrons. The van der Waals surface area contributed by atoms with Gasteiger partial charge in [0, 0.05) is 25.6 Å². The molecule has 2 heterocycles. The molecule has 1 saturated carbocycles. The molecule has 1 aromatic rings. The zero-order chi connectivity index (χ0) is 17.8. The molecular formula is C18H29N5O2. The number of carbonyl (C=O) groups excluding carboxylic acids is 1. The van der Waals surface area contributed by atoms with Crippen molar-refractivity contribution in [3.63, 3.8) is 0 Å². The highest BCUT2D eigenvalue weighted by Crippen LogP contribution is 2.33. The molecule has 1 saturated heterocycles. The van der Waals surface area contributed by atoms with E-state index in [2.05, 4.69) is 21.9 Å². The van der Waals surface area contributed by atoms with Crippen molar-refractivity contribution >= 4 is 5.91 Å². The number of hydrogen-bond acceptors (Lipinski definition) is 4. The fraction of sp³-hybridized carbons (Fsp3) is 0.722. The van der Waals surface area contributed by atoms with Crippen molar-refractivity contribution in [1.82, 2.24) is 24.6 Å². The number of amides is 1. The average Bonchev–Trinajstić information content (AvgIpc) is 3.22. The number of aryl methyl sites for hydroxylation is 1. The summed E-state index contributed by atoms with van der Waals surface area (Å²) in [4.78, 5) is 26.5. The summed E-state index contributed by atoms with van der Waals surface area (Å²) in [5.41, 5.74) is 0.0214. The van der Waals surface area contributed by atoms with Gasteiger partial charge in [0.15, 0.2) is 0 Å². The molecule has 0 spiro atoms. The summed E-state index contributed by atoms with van der Waals surface area (Å²) in [7, 11) is 1.75. The first-order valence-electron chi connectivity index (χ1n) is 9.35. The molecule has 1 aliphatic carbocycles. The van der Waals surface area contributed by atoms with E-state index >= 15 is 0 Å². The lowest BCUT2D eigenvalue weighted by Crippen LogP contribution is -2.41. The Kier molecular flexibility index (Phi) is 5.73. The second kappa shape index (κ2) is 7.99. The van der Waals surface area contributed by atoms with Crippen LogP contribution in [0.5, 0.6) is 0 Å². The van der Waals surface area contributed by atoms with Gasteiger partial charge >= 0.3 is 5.69 Å². The first-order valence-corrected chi connectivity index (χ1v) is 9.35. The van der Waals surface area contributed by atoms with Crippen LogP contribution in [0.2, 0.25) is 0 Å². The normalized spacial score (nSPS) is 20.0. The van der Waals surface area contributed by atoms with E-state index in [1.807, 2.05) is 4.57 Å². The smallest absolute Gasteiger partial charge is 0.345 e. The molecule has 2 fully saturated rings. The third-order valence-corrected chi connectivity index (χ3v) is 5.44. The van der Waals surface area contributed by atoms with Crippen LogP contribution in [0, 0.1) is 0 Å². The number of hydrogen-bond donors (Lipinski definition) is 1. The van der Waals surface area contributed by atoms with Crippen LogP contribution in [0.4, 0.5) is 0 Å². The maximum Gasteiger partial charge on any atom is 0.345 e. The van der Waals surface area contributed by atoms with Crippen molar-refractivity contribution < 1.29 is 4.79 Å². The fourth-order valence-electron chi connectivity index (χ4n) is 4.08. The number of rotatable bonds is 6. The monoisotopic (exact) mass is 347 g/mol. The molecule has 0 atom stereocenters. The Balaban J connectivity index is 1.63. The Morgan fingerprint density at radius 3 is 2.60 bits per heavy atom. The number of likely N-dealkylation sites (tertiary alicyclic amines) is 1. The summed E-state index contributed by atoms with van der Waals surface area (Å²) in [5, 5.41) is 7.38. The molecule has 3 rings (SSSR count). The van der Waals surface area contributed by atoms with Crippen molar-refractivity contribution in [2.24, 2.45) is 7.05 Å². The topological polar surface area (TPSA) is 72.2 Å². The van der Waals surface area contributed by atoms with Gasteiger partial charge in [0.25, 0.3) is 0 Å². The molecule has 1 aromatic heterocycles. The van der Waals surface area contributed by atoms with Gasteiger partial charge in [0.2, 0.25) is 5.91 Å². The lowest BCUT2D eigenvalue weighted by Gasteiger charge is -2.31. The summed E-state index contributed by atoms with van der Waals surface area (Å²) in [6.45, 7) is 6.27. The zero-order valence-electron chi connectivity index (χ0n) is 15.1. The Morgan fingerprint density at radius 1 is 1.28 bits per heavy atom. The summed E-state index contributed by atoms with van der Waals surface area (Å²) in [6, 6.07) is 0.318. The van der Waals surface area contributed by atoms with E-state index in [0.717, 1.165) is 44.6 Å². The Hall–Kier alpha value is -1.89. The maximum atomic E-state index is 12.5. The molecule has 25 heavy (non-hydrogen) atoms. The van der Waals surface area contributed by atoms with Crippen molar-refractivity contribution in [1.29, 1.82) is 0 Å². The van der Waals surface area contributed by atoms with Crippen LogP contribution in [-0.4, -0.2) is 51.3 Å². The molecule has 0 unspecified atom stereocenters. The Labute approximate surface area is 148 Å². The second-order valence-corrected chi connectivity index (χ2v) is 7.22. The minimum absolute atomic E-state index is 0.0214. The molecule has 0 bridgehead atoms. The summed E-state index contributed by atoms with van der Waals surface area (Å²) < 4.78 is 3.45. The largest absolute Gasteiger partial charge is 0.352 e. The standard InChI is InChI=1S/C18H29N5O2/c1-3-10-19-16(24)13-22-11-8-14(9-12-22)17-20-21(2)18(25)23(17)15-6-4-5-7-15/h3,14-15H,1,4-13H2,2H3,(H,19,24). The maximum absolute atomic E-state index is 12.5. The number of carbonyl (C=O) groups is 1. The van der Waals surface area contributed by atoms with Crippen LogP contribution in [0.25, 0.3) is 0 Å². The first-order chi connectivity index (χ1) is 12.1. The minimum atomic E-state index is 0.0214. The minimum Gasteiger partial charge on any atom is -0.352 e. The highest BCUT2D eigenvalue weighted by Gasteiger charge is 2.30. The van der Waals surface area contributed by atoms with E-state index in [-0.39, 0.29) is 11.6 Å². The molecule has 0 aromatic carbocycles. The van der Waals surface area contributed by atoms with Crippen LogP contribution in [0.15, 0.2) is 17.4 Å². The van der Waals surface area contributed by atoms with Gasteiger partial charge in [-0.3, -0.25) is 14.3 Å². The molecule has 1 aliphatic heterocycles. The van der Waals surface area contributed by atoms with Gasteiger partial charge in [-0.15, -0.1) is 6.58 Å². The third-order valence-electron chi connectivity index (χ3n) is 5.44. The highest BCUT2D eigenvalue weighted by atomic mass is 16.2. The van der Waals surface area contributed by atoms with E-state index in [4.69, 9.17) is 0 Å². The molecule has 1 N–H and O–H groups in total. The van der Waals surface area contributed by atoms with Crippen molar-refractivity contribution in [3.05, 3.63) is 29.0 Å². The van der Waals surface area contributed by atoms with Crippen LogP contribution < -0.4 is 11.0 Å². The van der Waals surface area contributed by atoms with E-state index in [9.17, 15) is 9.59 Å². The van der Waals surface area contributed by atoms with Gasteiger partial charge in [0.1, 0.15) is 5.82 Å². The summed E-state index contributed by atoms with van der Waals surface area (Å²) in [5.74, 6) is 1.30. The number of nitrogens with one attached hydrogen (secondary N) is 1. The highest BCUT2D eigenvalue weighted by molar-refractivity contribution is 5.78. The number of piperidine rings is 1. The number of aromatic nitrogens is 3. The molecule has 138 valence electrons. The van der Waals surface area contributed by atoms with E-state index in [1.165, 1.54) is 17.5 Å². The van der Waals surface area contributed by atoms with Crippen LogP contribution in [-0.2, 0) is 11.8 Å². The molecule has 1 amide bonds. The molecule has 7 heteroatoms. The molecular weight excluding hydrogens is 318 g/mol.